The Balaban J connectivity index is 1.86. The van der Waals surface area contributed by atoms with Crippen LogP contribution in [0.5, 0.6) is 0 Å². The molecule has 1 unspecified atom stereocenters. The van der Waals surface area contributed by atoms with Gasteiger partial charge in [0.15, 0.2) is 0 Å². The van der Waals surface area contributed by atoms with Crippen molar-refractivity contribution in [1.29, 1.82) is 0 Å². The van der Waals surface area contributed by atoms with Gasteiger partial charge in [-0.1, -0.05) is 0 Å². The molecule has 1 aromatic rings. The predicted octanol–water partition coefficient (Wildman–Crippen LogP) is 2.21. The van der Waals surface area contributed by atoms with Crippen molar-refractivity contribution >= 4 is 11.3 Å². The van der Waals surface area contributed by atoms with Gasteiger partial charge >= 0.3 is 0 Å². The van der Waals surface area contributed by atoms with E-state index in [0.717, 1.165) is 31.7 Å². The van der Waals surface area contributed by atoms with Crippen LogP contribution in [-0.4, -0.2) is 24.2 Å². The van der Waals surface area contributed by atoms with Crippen LogP contribution in [0.2, 0.25) is 0 Å². The van der Waals surface area contributed by atoms with Gasteiger partial charge in [0, 0.05) is 23.7 Å². The Morgan fingerprint density at radius 2 is 2.44 bits per heavy atom. The molecular formula is C12H18N2OS. The fraction of sp³-hybridized carbons (Fsp3) is 0.750. The molecule has 1 aliphatic heterocycles. The van der Waals surface area contributed by atoms with Gasteiger partial charge in [-0.3, -0.25) is 0 Å². The third-order valence-electron chi connectivity index (χ3n) is 3.33. The van der Waals surface area contributed by atoms with Crippen molar-refractivity contribution in [2.24, 2.45) is 0 Å². The smallest absolute Gasteiger partial charge is 0.115 e. The highest BCUT2D eigenvalue weighted by Gasteiger charge is 2.41. The number of nitrogens with one attached hydrogen (secondary N) is 1. The summed E-state index contributed by atoms with van der Waals surface area (Å²) in [5.41, 5.74) is 1.14. The molecule has 2 aliphatic rings. The Bertz CT molecular complexity index is 367. The maximum Gasteiger partial charge on any atom is 0.115 e. The van der Waals surface area contributed by atoms with E-state index in [0.29, 0.717) is 6.04 Å². The molecule has 1 aromatic heterocycles. The van der Waals surface area contributed by atoms with Crippen LogP contribution >= 0.6 is 11.3 Å². The molecule has 0 amide bonds. The lowest BCUT2D eigenvalue weighted by Gasteiger charge is -2.36. The highest BCUT2D eigenvalue weighted by atomic mass is 32.1. The number of ether oxygens (including phenoxy) is 1. The van der Waals surface area contributed by atoms with Crippen LogP contribution in [0.25, 0.3) is 0 Å². The molecule has 3 rings (SSSR count). The minimum atomic E-state index is 0.0122. The molecule has 88 valence electrons. The fourth-order valence-corrected chi connectivity index (χ4v) is 3.31. The molecule has 0 spiro atoms. The van der Waals surface area contributed by atoms with Gasteiger partial charge in [0.25, 0.3) is 0 Å². The lowest BCUT2D eigenvalue weighted by atomic mass is 9.93. The third kappa shape index (κ3) is 2.01. The molecule has 4 heteroatoms. The summed E-state index contributed by atoms with van der Waals surface area (Å²) in [5, 5.41) is 7.12. The molecule has 0 radical (unpaired) electrons. The normalized spacial score (nSPS) is 30.6. The maximum absolute atomic E-state index is 5.68. The van der Waals surface area contributed by atoms with Crippen molar-refractivity contribution in [3.05, 3.63) is 16.1 Å². The van der Waals surface area contributed by atoms with Crippen LogP contribution < -0.4 is 5.32 Å². The van der Waals surface area contributed by atoms with E-state index in [1.807, 2.05) is 0 Å². The maximum atomic E-state index is 5.68. The van der Waals surface area contributed by atoms with Crippen LogP contribution in [0.1, 0.15) is 36.4 Å². The number of aryl methyl sites for hydroxylation is 1. The average Bonchev–Trinajstić information content (AvgIpc) is 2.99. The van der Waals surface area contributed by atoms with Crippen molar-refractivity contribution in [3.8, 4) is 0 Å². The molecule has 1 saturated carbocycles. The molecule has 2 fully saturated rings. The summed E-state index contributed by atoms with van der Waals surface area (Å²) in [4.78, 5) is 4.66. The van der Waals surface area contributed by atoms with Gasteiger partial charge in [0.05, 0.1) is 12.1 Å². The largest absolute Gasteiger partial charge is 0.379 e. The van der Waals surface area contributed by atoms with Gasteiger partial charge < -0.3 is 10.1 Å². The molecular weight excluding hydrogens is 220 g/mol. The number of hydrogen-bond donors (Lipinski definition) is 1. The van der Waals surface area contributed by atoms with E-state index < -0.39 is 0 Å². The first-order chi connectivity index (χ1) is 7.78. The van der Waals surface area contributed by atoms with E-state index >= 15 is 0 Å². The molecule has 3 nitrogen and oxygen atoms in total. The first-order valence-electron chi connectivity index (χ1n) is 6.07. The summed E-state index contributed by atoms with van der Waals surface area (Å²) < 4.78 is 5.68. The second-order valence-corrected chi connectivity index (χ2v) is 5.81. The van der Waals surface area contributed by atoms with Crippen molar-refractivity contribution in [2.45, 2.75) is 44.2 Å². The van der Waals surface area contributed by atoms with Gasteiger partial charge in [0.2, 0.25) is 0 Å². The number of rotatable bonds is 3. The summed E-state index contributed by atoms with van der Waals surface area (Å²) in [7, 11) is 0. The number of nitrogens with zero attached hydrogens (tertiary/aromatic N) is 1. The summed E-state index contributed by atoms with van der Waals surface area (Å²) in [6, 6.07) is 0.700. The minimum absolute atomic E-state index is 0.0122. The van der Waals surface area contributed by atoms with Crippen molar-refractivity contribution in [2.75, 3.05) is 13.2 Å². The van der Waals surface area contributed by atoms with Crippen LogP contribution in [0.4, 0.5) is 0 Å². The Kier molecular flexibility index (Phi) is 2.73. The molecule has 0 bridgehead atoms. The van der Waals surface area contributed by atoms with Crippen molar-refractivity contribution in [1.82, 2.24) is 10.3 Å². The van der Waals surface area contributed by atoms with E-state index in [9.17, 15) is 0 Å². The van der Waals surface area contributed by atoms with Crippen molar-refractivity contribution < 1.29 is 4.74 Å². The van der Waals surface area contributed by atoms with Crippen LogP contribution in [0.3, 0.4) is 0 Å². The van der Waals surface area contributed by atoms with Gasteiger partial charge in [-0.15, -0.1) is 11.3 Å². The van der Waals surface area contributed by atoms with Crippen LogP contribution in [0.15, 0.2) is 5.38 Å². The van der Waals surface area contributed by atoms with E-state index in [2.05, 4.69) is 22.6 Å². The van der Waals surface area contributed by atoms with Gasteiger partial charge in [-0.25, -0.2) is 4.98 Å². The van der Waals surface area contributed by atoms with Crippen LogP contribution in [0, 0.1) is 6.92 Å². The Morgan fingerprint density at radius 3 is 3.00 bits per heavy atom. The molecule has 1 aliphatic carbocycles. The van der Waals surface area contributed by atoms with Gasteiger partial charge in [0.1, 0.15) is 5.01 Å². The molecule has 1 atom stereocenters. The number of aromatic nitrogens is 1. The van der Waals surface area contributed by atoms with E-state index in [4.69, 9.17) is 4.74 Å². The topological polar surface area (TPSA) is 34.1 Å². The lowest BCUT2D eigenvalue weighted by Crippen LogP contribution is -2.49. The summed E-state index contributed by atoms with van der Waals surface area (Å²) >= 11 is 1.77. The quantitative estimate of drug-likeness (QED) is 0.876. The minimum Gasteiger partial charge on any atom is -0.379 e. The lowest BCUT2D eigenvalue weighted by molar-refractivity contribution is 0.0169. The van der Waals surface area contributed by atoms with Gasteiger partial charge in [-0.2, -0.15) is 0 Å². The SMILES string of the molecule is Cc1csc(C2(NC3CC3)CCCOC2)n1. The third-order valence-corrected chi connectivity index (χ3v) is 4.49. The zero-order valence-corrected chi connectivity index (χ0v) is 10.5. The molecule has 1 N–H and O–H groups in total. The zero-order valence-electron chi connectivity index (χ0n) is 9.66. The molecule has 0 aromatic carbocycles. The first kappa shape index (κ1) is 10.7. The van der Waals surface area contributed by atoms with E-state index in [1.165, 1.54) is 17.8 Å². The standard InChI is InChI=1S/C12H18N2OS/c1-9-7-16-11(13-9)12(14-10-3-4-10)5-2-6-15-8-12/h7,10,14H,2-6,8H2,1H3. The highest BCUT2D eigenvalue weighted by molar-refractivity contribution is 7.09. The summed E-state index contributed by atoms with van der Waals surface area (Å²) in [5.74, 6) is 0. The Hall–Kier alpha value is -0.450. The van der Waals surface area contributed by atoms with Crippen molar-refractivity contribution in [3.63, 3.8) is 0 Å². The number of thiazole rings is 1. The van der Waals surface area contributed by atoms with E-state index in [1.54, 1.807) is 11.3 Å². The summed E-state index contributed by atoms with van der Waals surface area (Å²) in [6.07, 6.45) is 4.92. The molecule has 1 saturated heterocycles. The predicted molar refractivity (Wildman–Crippen MR) is 64.7 cm³/mol. The van der Waals surface area contributed by atoms with E-state index in [-0.39, 0.29) is 5.54 Å². The molecule has 16 heavy (non-hydrogen) atoms. The zero-order chi connectivity index (χ0) is 11.0. The Morgan fingerprint density at radius 1 is 1.56 bits per heavy atom. The second-order valence-electron chi connectivity index (χ2n) is 4.95. The monoisotopic (exact) mass is 238 g/mol. The summed E-state index contributed by atoms with van der Waals surface area (Å²) in [6.45, 7) is 3.75. The Labute approximate surface area is 100 Å². The average molecular weight is 238 g/mol. The van der Waals surface area contributed by atoms with Crippen LogP contribution in [-0.2, 0) is 10.3 Å². The van der Waals surface area contributed by atoms with Gasteiger partial charge in [-0.05, 0) is 32.6 Å². The second kappa shape index (κ2) is 4.09. The number of hydrogen-bond acceptors (Lipinski definition) is 4. The fourth-order valence-electron chi connectivity index (χ4n) is 2.33. The highest BCUT2D eigenvalue weighted by Crippen LogP contribution is 2.36. The first-order valence-corrected chi connectivity index (χ1v) is 6.94. The molecule has 2 heterocycles.